The van der Waals surface area contributed by atoms with Crippen LogP contribution < -0.4 is 4.74 Å². The van der Waals surface area contributed by atoms with Gasteiger partial charge in [-0.3, -0.25) is 0 Å². The molecule has 1 aromatic carbocycles. The molecule has 0 saturated heterocycles. The van der Waals surface area contributed by atoms with Crippen LogP contribution in [0.25, 0.3) is 11.3 Å². The van der Waals surface area contributed by atoms with E-state index < -0.39 is 0 Å². The normalized spacial score (nSPS) is 13.3. The van der Waals surface area contributed by atoms with Crippen molar-refractivity contribution in [2.75, 3.05) is 6.61 Å². The SMILES string of the molecule is Clc1ncnc2c1CCOc1ccccc1-2. The van der Waals surface area contributed by atoms with E-state index in [4.69, 9.17) is 16.3 Å². The van der Waals surface area contributed by atoms with Crippen molar-refractivity contribution in [3.8, 4) is 17.0 Å². The quantitative estimate of drug-likeness (QED) is 0.655. The minimum Gasteiger partial charge on any atom is -0.493 e. The molecular weight excluding hydrogens is 224 g/mol. The van der Waals surface area contributed by atoms with Crippen molar-refractivity contribution < 1.29 is 4.74 Å². The summed E-state index contributed by atoms with van der Waals surface area (Å²) < 4.78 is 5.66. The number of hydrogen-bond acceptors (Lipinski definition) is 3. The molecular formula is C12H9ClN2O. The highest BCUT2D eigenvalue weighted by Crippen LogP contribution is 2.35. The molecule has 0 radical (unpaired) electrons. The number of halogens is 1. The predicted octanol–water partition coefficient (Wildman–Crippen LogP) is 2.73. The van der Waals surface area contributed by atoms with Crippen molar-refractivity contribution in [3.05, 3.63) is 41.3 Å². The highest BCUT2D eigenvalue weighted by molar-refractivity contribution is 6.30. The van der Waals surface area contributed by atoms with E-state index in [-0.39, 0.29) is 0 Å². The van der Waals surface area contributed by atoms with E-state index >= 15 is 0 Å². The number of hydrogen-bond donors (Lipinski definition) is 0. The molecule has 0 saturated carbocycles. The molecule has 80 valence electrons. The van der Waals surface area contributed by atoms with Gasteiger partial charge in [-0.1, -0.05) is 23.7 Å². The van der Waals surface area contributed by atoms with Crippen LogP contribution in [0.5, 0.6) is 5.75 Å². The summed E-state index contributed by atoms with van der Waals surface area (Å²) in [6.07, 6.45) is 2.23. The zero-order valence-electron chi connectivity index (χ0n) is 8.48. The summed E-state index contributed by atoms with van der Waals surface area (Å²) in [5, 5.41) is 0.519. The van der Waals surface area contributed by atoms with Crippen molar-refractivity contribution in [2.45, 2.75) is 6.42 Å². The van der Waals surface area contributed by atoms with E-state index in [9.17, 15) is 0 Å². The van der Waals surface area contributed by atoms with Crippen LogP contribution in [0.2, 0.25) is 5.15 Å². The van der Waals surface area contributed by atoms with Gasteiger partial charge in [-0.2, -0.15) is 0 Å². The van der Waals surface area contributed by atoms with Gasteiger partial charge in [-0.15, -0.1) is 0 Å². The lowest BCUT2D eigenvalue weighted by Crippen LogP contribution is -2.00. The number of aromatic nitrogens is 2. The summed E-state index contributed by atoms with van der Waals surface area (Å²) in [7, 11) is 0. The van der Waals surface area contributed by atoms with E-state index in [2.05, 4.69) is 9.97 Å². The molecule has 16 heavy (non-hydrogen) atoms. The second-order valence-electron chi connectivity index (χ2n) is 3.59. The topological polar surface area (TPSA) is 35.0 Å². The van der Waals surface area contributed by atoms with Gasteiger partial charge in [0.2, 0.25) is 0 Å². The Morgan fingerprint density at radius 3 is 3.00 bits per heavy atom. The number of benzene rings is 1. The molecule has 4 heteroatoms. The minimum atomic E-state index is 0.519. The van der Waals surface area contributed by atoms with Crippen LogP contribution in [-0.2, 0) is 6.42 Å². The van der Waals surface area contributed by atoms with Crippen LogP contribution in [0.4, 0.5) is 0 Å². The maximum atomic E-state index is 6.07. The smallest absolute Gasteiger partial charge is 0.136 e. The van der Waals surface area contributed by atoms with E-state index in [1.165, 1.54) is 6.33 Å². The standard InChI is InChI=1S/C12H9ClN2O/c13-12-9-5-6-16-10-4-2-1-3-8(10)11(9)14-7-15-12/h1-4,7H,5-6H2. The zero-order chi connectivity index (χ0) is 11.0. The van der Waals surface area contributed by atoms with Crippen LogP contribution in [0, 0.1) is 0 Å². The number of para-hydroxylation sites is 1. The Balaban J connectivity index is 2.30. The maximum Gasteiger partial charge on any atom is 0.136 e. The summed E-state index contributed by atoms with van der Waals surface area (Å²) in [6, 6.07) is 7.85. The minimum absolute atomic E-state index is 0.519. The summed E-state index contributed by atoms with van der Waals surface area (Å²) >= 11 is 6.07. The summed E-state index contributed by atoms with van der Waals surface area (Å²) in [5.41, 5.74) is 2.83. The molecule has 0 aliphatic carbocycles. The average Bonchev–Trinajstić information content (AvgIpc) is 2.50. The first kappa shape index (κ1) is 9.60. The number of fused-ring (bicyclic) bond motifs is 3. The molecule has 0 amide bonds. The molecule has 0 spiro atoms. The highest BCUT2D eigenvalue weighted by atomic mass is 35.5. The number of rotatable bonds is 0. The first-order valence-electron chi connectivity index (χ1n) is 5.08. The molecule has 3 nitrogen and oxygen atoms in total. The third-order valence-corrected chi connectivity index (χ3v) is 2.97. The molecule has 0 N–H and O–H groups in total. The lowest BCUT2D eigenvalue weighted by Gasteiger charge is -2.06. The molecule has 0 fully saturated rings. The molecule has 0 bridgehead atoms. The molecule has 1 aromatic heterocycles. The van der Waals surface area contributed by atoms with Gasteiger partial charge < -0.3 is 4.74 Å². The molecule has 3 rings (SSSR count). The maximum absolute atomic E-state index is 6.07. The molecule has 2 aromatic rings. The predicted molar refractivity (Wildman–Crippen MR) is 61.7 cm³/mol. The van der Waals surface area contributed by atoms with Crippen LogP contribution in [0.3, 0.4) is 0 Å². The summed E-state index contributed by atoms with van der Waals surface area (Å²) in [6.45, 7) is 0.608. The highest BCUT2D eigenvalue weighted by Gasteiger charge is 2.18. The van der Waals surface area contributed by atoms with Gasteiger partial charge in [-0.25, -0.2) is 9.97 Å². The molecule has 1 aliphatic heterocycles. The fourth-order valence-corrected chi connectivity index (χ4v) is 2.12. The van der Waals surface area contributed by atoms with Gasteiger partial charge in [0.25, 0.3) is 0 Å². The lowest BCUT2D eigenvalue weighted by molar-refractivity contribution is 0.326. The van der Waals surface area contributed by atoms with E-state index in [0.29, 0.717) is 11.8 Å². The third kappa shape index (κ3) is 1.44. The average molecular weight is 233 g/mol. The summed E-state index contributed by atoms with van der Waals surface area (Å²) in [5.74, 6) is 0.857. The van der Waals surface area contributed by atoms with E-state index in [1.807, 2.05) is 24.3 Å². The Labute approximate surface area is 98.1 Å². The monoisotopic (exact) mass is 232 g/mol. The van der Waals surface area contributed by atoms with Crippen LogP contribution in [-0.4, -0.2) is 16.6 Å². The number of nitrogens with zero attached hydrogens (tertiary/aromatic N) is 2. The Hall–Kier alpha value is -1.61. The fraction of sp³-hybridized carbons (Fsp3) is 0.167. The molecule has 0 atom stereocenters. The van der Waals surface area contributed by atoms with Crippen molar-refractivity contribution in [1.29, 1.82) is 0 Å². The fourth-order valence-electron chi connectivity index (χ4n) is 1.90. The first-order valence-corrected chi connectivity index (χ1v) is 5.45. The molecule has 2 heterocycles. The zero-order valence-corrected chi connectivity index (χ0v) is 9.24. The second-order valence-corrected chi connectivity index (χ2v) is 3.94. The molecule has 1 aliphatic rings. The van der Waals surface area contributed by atoms with Gasteiger partial charge in [0, 0.05) is 17.5 Å². The van der Waals surface area contributed by atoms with Crippen molar-refractivity contribution >= 4 is 11.6 Å². The van der Waals surface area contributed by atoms with Gasteiger partial charge in [0.1, 0.15) is 17.2 Å². The van der Waals surface area contributed by atoms with Crippen LogP contribution in [0.15, 0.2) is 30.6 Å². The molecule has 0 unspecified atom stereocenters. The van der Waals surface area contributed by atoms with E-state index in [0.717, 1.165) is 29.0 Å². The third-order valence-electron chi connectivity index (χ3n) is 2.64. The Bertz CT molecular complexity index is 542. The van der Waals surface area contributed by atoms with Gasteiger partial charge >= 0.3 is 0 Å². The Kier molecular flexibility index (Phi) is 2.26. The Morgan fingerprint density at radius 1 is 1.19 bits per heavy atom. The van der Waals surface area contributed by atoms with Gasteiger partial charge in [-0.05, 0) is 12.1 Å². The van der Waals surface area contributed by atoms with Crippen molar-refractivity contribution in [2.24, 2.45) is 0 Å². The van der Waals surface area contributed by atoms with Gasteiger partial charge in [0.05, 0.1) is 12.3 Å². The van der Waals surface area contributed by atoms with Gasteiger partial charge in [0.15, 0.2) is 0 Å². The largest absolute Gasteiger partial charge is 0.493 e. The second kappa shape index (κ2) is 3.76. The van der Waals surface area contributed by atoms with E-state index in [1.54, 1.807) is 0 Å². The van der Waals surface area contributed by atoms with Crippen molar-refractivity contribution in [1.82, 2.24) is 9.97 Å². The number of ether oxygens (including phenoxy) is 1. The first-order chi connectivity index (χ1) is 7.86. The van der Waals surface area contributed by atoms with Crippen LogP contribution >= 0.6 is 11.6 Å². The summed E-state index contributed by atoms with van der Waals surface area (Å²) in [4.78, 5) is 8.31. The Morgan fingerprint density at radius 2 is 2.06 bits per heavy atom. The van der Waals surface area contributed by atoms with Crippen LogP contribution in [0.1, 0.15) is 5.56 Å². The van der Waals surface area contributed by atoms with Crippen molar-refractivity contribution in [3.63, 3.8) is 0 Å². The lowest BCUT2D eigenvalue weighted by atomic mass is 10.1.